The van der Waals surface area contributed by atoms with Gasteiger partial charge < -0.3 is 21.3 Å². The van der Waals surface area contributed by atoms with E-state index in [0.717, 1.165) is 19.9 Å². The number of piperidine rings is 1. The minimum atomic E-state index is -4.43. The lowest BCUT2D eigenvalue weighted by Crippen LogP contribution is -2.50. The topological polar surface area (TPSA) is 103 Å². The Morgan fingerprint density at radius 3 is 2.37 bits per heavy atom. The second-order valence-corrected chi connectivity index (χ2v) is 6.22. The number of aliphatic imine (C=N–C) groups is 1. The number of likely N-dealkylation sites (tertiary alicyclic amines) is 1. The van der Waals surface area contributed by atoms with Crippen molar-refractivity contribution in [2.75, 3.05) is 46.3 Å². The van der Waals surface area contributed by atoms with Gasteiger partial charge in [0.15, 0.2) is 5.96 Å². The molecular formula is C15H28F3IN6O2. The molecule has 0 aromatic rings. The quantitative estimate of drug-likeness (QED) is 0.258. The summed E-state index contributed by atoms with van der Waals surface area (Å²) in [5, 5.41) is 6.15. The SMILES string of the molecule is CCNC(=NCC(=O)N(C)CC(F)(F)F)NC1CCN(CC(N)=O)CC1.I. The number of hydrogen-bond donors (Lipinski definition) is 3. The third-order valence-corrected chi connectivity index (χ3v) is 3.87. The number of guanidine groups is 1. The summed E-state index contributed by atoms with van der Waals surface area (Å²) < 4.78 is 37.0. The predicted octanol–water partition coefficient (Wildman–Crippen LogP) is 0.130. The highest BCUT2D eigenvalue weighted by Gasteiger charge is 2.31. The van der Waals surface area contributed by atoms with Crippen molar-refractivity contribution in [3.63, 3.8) is 0 Å². The minimum Gasteiger partial charge on any atom is -0.369 e. The molecule has 0 bridgehead atoms. The van der Waals surface area contributed by atoms with E-state index in [2.05, 4.69) is 15.6 Å². The van der Waals surface area contributed by atoms with Crippen LogP contribution in [-0.4, -0.2) is 86.1 Å². The summed E-state index contributed by atoms with van der Waals surface area (Å²) >= 11 is 0. The van der Waals surface area contributed by atoms with Gasteiger partial charge in [0, 0.05) is 32.7 Å². The number of alkyl halides is 3. The number of rotatable bonds is 7. The van der Waals surface area contributed by atoms with E-state index in [1.54, 1.807) is 0 Å². The van der Waals surface area contributed by atoms with Gasteiger partial charge in [0.05, 0.1) is 6.54 Å². The smallest absolute Gasteiger partial charge is 0.369 e. The third kappa shape index (κ3) is 11.2. The predicted molar refractivity (Wildman–Crippen MR) is 107 cm³/mol. The first-order valence-electron chi connectivity index (χ1n) is 8.47. The number of nitrogens with two attached hydrogens (primary N) is 1. The van der Waals surface area contributed by atoms with E-state index in [1.807, 2.05) is 11.8 Å². The van der Waals surface area contributed by atoms with E-state index in [1.165, 1.54) is 0 Å². The molecule has 27 heavy (non-hydrogen) atoms. The largest absolute Gasteiger partial charge is 0.406 e. The summed E-state index contributed by atoms with van der Waals surface area (Å²) in [6, 6.07) is 0.0972. The number of nitrogens with one attached hydrogen (secondary N) is 2. The average molecular weight is 508 g/mol. The monoisotopic (exact) mass is 508 g/mol. The molecule has 0 atom stereocenters. The van der Waals surface area contributed by atoms with Crippen LogP contribution in [0.2, 0.25) is 0 Å². The Kier molecular flexibility index (Phi) is 11.6. The second-order valence-electron chi connectivity index (χ2n) is 6.22. The standard InChI is InChI=1S/C15H27F3N6O2.HI/c1-3-20-14(21-8-13(26)23(2)10-15(16,17)18)22-11-4-6-24(7-5-11)9-12(19)25;/h11H,3-10H2,1-2H3,(H2,19,25)(H2,20,21,22);1H. The summed E-state index contributed by atoms with van der Waals surface area (Å²) in [6.45, 7) is 2.36. The van der Waals surface area contributed by atoms with Gasteiger partial charge in [0.2, 0.25) is 11.8 Å². The highest BCUT2D eigenvalue weighted by Crippen LogP contribution is 2.15. The summed E-state index contributed by atoms with van der Waals surface area (Å²) in [6.07, 6.45) is -2.91. The maximum absolute atomic E-state index is 12.3. The van der Waals surface area contributed by atoms with Gasteiger partial charge in [0.1, 0.15) is 13.1 Å². The first-order valence-corrected chi connectivity index (χ1v) is 8.47. The maximum Gasteiger partial charge on any atom is 0.406 e. The van der Waals surface area contributed by atoms with E-state index in [0.29, 0.717) is 30.5 Å². The fourth-order valence-corrected chi connectivity index (χ4v) is 2.59. The van der Waals surface area contributed by atoms with E-state index in [9.17, 15) is 22.8 Å². The fourth-order valence-electron chi connectivity index (χ4n) is 2.59. The summed E-state index contributed by atoms with van der Waals surface area (Å²) in [5.41, 5.74) is 5.18. The fraction of sp³-hybridized carbons (Fsp3) is 0.800. The van der Waals surface area contributed by atoms with Crippen molar-refractivity contribution >= 4 is 41.8 Å². The molecule has 0 radical (unpaired) electrons. The van der Waals surface area contributed by atoms with E-state index >= 15 is 0 Å². The van der Waals surface area contributed by atoms with Crippen LogP contribution in [0.5, 0.6) is 0 Å². The Morgan fingerprint density at radius 1 is 1.30 bits per heavy atom. The molecule has 4 N–H and O–H groups in total. The summed E-state index contributed by atoms with van der Waals surface area (Å²) in [4.78, 5) is 29.4. The highest BCUT2D eigenvalue weighted by atomic mass is 127. The molecule has 1 aliphatic heterocycles. The molecule has 1 fully saturated rings. The Hall–Kier alpha value is -1.31. The molecule has 1 heterocycles. The molecule has 0 spiro atoms. The van der Waals surface area contributed by atoms with Crippen LogP contribution < -0.4 is 16.4 Å². The Bertz CT molecular complexity index is 510. The molecule has 2 amide bonds. The summed E-state index contributed by atoms with van der Waals surface area (Å²) in [7, 11) is 1.10. The van der Waals surface area contributed by atoms with Crippen molar-refractivity contribution in [1.82, 2.24) is 20.4 Å². The molecule has 1 saturated heterocycles. The lowest BCUT2D eigenvalue weighted by atomic mass is 10.1. The molecule has 0 aliphatic carbocycles. The lowest BCUT2D eigenvalue weighted by molar-refractivity contribution is -0.157. The first-order chi connectivity index (χ1) is 12.1. The maximum atomic E-state index is 12.3. The molecule has 0 aromatic carbocycles. The van der Waals surface area contributed by atoms with E-state index in [4.69, 9.17) is 5.73 Å². The van der Waals surface area contributed by atoms with Crippen LogP contribution in [0.25, 0.3) is 0 Å². The molecule has 1 aliphatic rings. The van der Waals surface area contributed by atoms with Crippen LogP contribution >= 0.6 is 24.0 Å². The minimum absolute atomic E-state index is 0. The number of carbonyl (C=O) groups excluding carboxylic acids is 2. The highest BCUT2D eigenvalue weighted by molar-refractivity contribution is 14.0. The molecular weight excluding hydrogens is 480 g/mol. The number of likely N-dealkylation sites (N-methyl/N-ethyl adjacent to an activating group) is 1. The zero-order valence-electron chi connectivity index (χ0n) is 15.5. The van der Waals surface area contributed by atoms with Gasteiger partial charge in [-0.3, -0.25) is 14.5 Å². The molecule has 8 nitrogen and oxygen atoms in total. The van der Waals surface area contributed by atoms with E-state index in [-0.39, 0.29) is 49.0 Å². The molecule has 0 unspecified atom stereocenters. The van der Waals surface area contributed by atoms with Gasteiger partial charge >= 0.3 is 6.18 Å². The van der Waals surface area contributed by atoms with Gasteiger partial charge in [-0.2, -0.15) is 13.2 Å². The van der Waals surface area contributed by atoms with Crippen molar-refractivity contribution in [2.24, 2.45) is 10.7 Å². The van der Waals surface area contributed by atoms with Crippen molar-refractivity contribution in [3.05, 3.63) is 0 Å². The lowest BCUT2D eigenvalue weighted by Gasteiger charge is -2.32. The second kappa shape index (κ2) is 12.2. The van der Waals surface area contributed by atoms with Gasteiger partial charge in [-0.15, -0.1) is 24.0 Å². The average Bonchev–Trinajstić information content (AvgIpc) is 2.52. The van der Waals surface area contributed by atoms with Crippen LogP contribution in [0, 0.1) is 0 Å². The molecule has 158 valence electrons. The van der Waals surface area contributed by atoms with Gasteiger partial charge in [-0.1, -0.05) is 0 Å². The molecule has 1 rings (SSSR count). The molecule has 0 saturated carbocycles. The first kappa shape index (κ1) is 25.7. The van der Waals surface area contributed by atoms with E-state index < -0.39 is 18.6 Å². The number of carbonyl (C=O) groups is 2. The zero-order chi connectivity index (χ0) is 19.7. The Labute approximate surface area is 174 Å². The van der Waals surface area contributed by atoms with Crippen LogP contribution in [-0.2, 0) is 9.59 Å². The number of primary amides is 1. The Morgan fingerprint density at radius 2 is 1.89 bits per heavy atom. The van der Waals surface area contributed by atoms with Gasteiger partial charge in [-0.05, 0) is 19.8 Å². The summed E-state index contributed by atoms with van der Waals surface area (Å²) in [5.74, 6) is -0.696. The van der Waals surface area contributed by atoms with Gasteiger partial charge in [0.25, 0.3) is 0 Å². The third-order valence-electron chi connectivity index (χ3n) is 3.87. The van der Waals surface area contributed by atoms with Crippen molar-refractivity contribution < 1.29 is 22.8 Å². The number of amides is 2. The molecule has 12 heteroatoms. The number of nitrogens with zero attached hydrogens (tertiary/aromatic N) is 3. The van der Waals surface area contributed by atoms with Crippen LogP contribution in [0.3, 0.4) is 0 Å². The van der Waals surface area contributed by atoms with Crippen LogP contribution in [0.4, 0.5) is 13.2 Å². The van der Waals surface area contributed by atoms with Crippen molar-refractivity contribution in [2.45, 2.75) is 32.0 Å². The normalized spacial score (nSPS) is 16.4. The van der Waals surface area contributed by atoms with Crippen molar-refractivity contribution in [3.8, 4) is 0 Å². The van der Waals surface area contributed by atoms with Crippen LogP contribution in [0.15, 0.2) is 4.99 Å². The van der Waals surface area contributed by atoms with Crippen molar-refractivity contribution in [1.29, 1.82) is 0 Å². The molecule has 0 aromatic heterocycles. The van der Waals surface area contributed by atoms with Gasteiger partial charge in [-0.25, -0.2) is 4.99 Å². The number of hydrogen-bond acceptors (Lipinski definition) is 4. The van der Waals surface area contributed by atoms with Crippen LogP contribution in [0.1, 0.15) is 19.8 Å². The zero-order valence-corrected chi connectivity index (χ0v) is 17.8. The number of halogens is 4. The Balaban J connectivity index is 0.00000676.